The molecule has 0 saturated heterocycles. The molecule has 3 aromatic carbocycles. The van der Waals surface area contributed by atoms with Crippen LogP contribution in [0.1, 0.15) is 5.56 Å². The summed E-state index contributed by atoms with van der Waals surface area (Å²) in [5, 5.41) is 32.2. The number of nitrogens with zero attached hydrogens (tertiary/aromatic N) is 4. The third-order valence-electron chi connectivity index (χ3n) is 4.49. The fourth-order valence-corrected chi connectivity index (χ4v) is 3.95. The lowest BCUT2D eigenvalue weighted by molar-refractivity contribution is -0.118. The Bertz CT molecular complexity index is 1290. The minimum absolute atomic E-state index is 0.0579. The van der Waals surface area contributed by atoms with E-state index >= 15 is 0 Å². The molecule has 0 spiro atoms. The first-order chi connectivity index (χ1) is 16.0. The molecule has 10 heteroatoms. The van der Waals surface area contributed by atoms with Gasteiger partial charge in [0.15, 0.2) is 11.0 Å². The van der Waals surface area contributed by atoms with Crippen molar-refractivity contribution in [1.29, 1.82) is 0 Å². The highest BCUT2D eigenvalue weighted by molar-refractivity contribution is 9.10. The Balaban J connectivity index is 1.49. The molecule has 1 aromatic heterocycles. The summed E-state index contributed by atoms with van der Waals surface area (Å²) in [4.78, 5) is 12.3. The lowest BCUT2D eigenvalue weighted by Crippen LogP contribution is -2.20. The van der Waals surface area contributed by atoms with E-state index in [2.05, 4.69) is 36.7 Å². The molecule has 8 nitrogen and oxygen atoms in total. The van der Waals surface area contributed by atoms with Crippen LogP contribution in [0.4, 0.5) is 0 Å². The molecule has 166 valence electrons. The second kappa shape index (κ2) is 10.3. The van der Waals surface area contributed by atoms with Crippen molar-refractivity contribution < 1.29 is 15.0 Å². The smallest absolute Gasteiger partial charge is 0.250 e. The first kappa shape index (κ1) is 22.6. The van der Waals surface area contributed by atoms with Crippen molar-refractivity contribution in [2.24, 2.45) is 5.10 Å². The minimum Gasteiger partial charge on any atom is -0.508 e. The number of phenolic OH excluding ortho intramolecular Hbond substituents is 2. The van der Waals surface area contributed by atoms with Gasteiger partial charge in [-0.2, -0.15) is 5.10 Å². The van der Waals surface area contributed by atoms with Crippen LogP contribution in [0, 0.1) is 0 Å². The van der Waals surface area contributed by atoms with Gasteiger partial charge in [0.1, 0.15) is 11.5 Å². The van der Waals surface area contributed by atoms with Gasteiger partial charge in [-0.15, -0.1) is 10.2 Å². The largest absolute Gasteiger partial charge is 0.508 e. The number of halogens is 1. The van der Waals surface area contributed by atoms with E-state index in [1.54, 1.807) is 0 Å². The van der Waals surface area contributed by atoms with Crippen LogP contribution in [0.3, 0.4) is 0 Å². The minimum atomic E-state index is -0.346. The summed E-state index contributed by atoms with van der Waals surface area (Å²) in [7, 11) is 0. The van der Waals surface area contributed by atoms with Crippen molar-refractivity contribution in [2.75, 3.05) is 5.75 Å². The van der Waals surface area contributed by atoms with Crippen LogP contribution < -0.4 is 5.43 Å². The van der Waals surface area contributed by atoms with Crippen molar-refractivity contribution in [2.45, 2.75) is 5.16 Å². The second-order valence-corrected chi connectivity index (χ2v) is 8.67. The van der Waals surface area contributed by atoms with Crippen molar-refractivity contribution in [3.8, 4) is 28.6 Å². The maximum atomic E-state index is 12.3. The van der Waals surface area contributed by atoms with E-state index in [0.29, 0.717) is 16.5 Å². The number of rotatable bonds is 7. The van der Waals surface area contributed by atoms with Gasteiger partial charge in [0.2, 0.25) is 0 Å². The fourth-order valence-electron chi connectivity index (χ4n) is 2.94. The van der Waals surface area contributed by atoms with Gasteiger partial charge in [0, 0.05) is 27.4 Å². The Hall–Kier alpha value is -3.63. The molecule has 0 fully saturated rings. The second-order valence-electron chi connectivity index (χ2n) is 6.81. The molecule has 4 aromatic rings. The number of nitrogens with one attached hydrogen (secondary N) is 1. The molecule has 0 unspecified atom stereocenters. The number of hydrogen-bond donors (Lipinski definition) is 3. The van der Waals surface area contributed by atoms with E-state index in [0.717, 1.165) is 15.7 Å². The fraction of sp³-hybridized carbons (Fsp3) is 0.0435. The van der Waals surface area contributed by atoms with Gasteiger partial charge < -0.3 is 10.2 Å². The van der Waals surface area contributed by atoms with Crippen molar-refractivity contribution in [1.82, 2.24) is 20.2 Å². The molecular weight excluding hydrogens is 506 g/mol. The number of amides is 1. The zero-order chi connectivity index (χ0) is 23.2. The SMILES string of the molecule is O=C(CSc1nnc(-c2ccccc2)n1-c1ccc(Br)cc1)N/N=C/c1ccc(O)cc1O. The summed E-state index contributed by atoms with van der Waals surface area (Å²) in [5.41, 5.74) is 4.56. The van der Waals surface area contributed by atoms with Gasteiger partial charge in [-0.3, -0.25) is 9.36 Å². The van der Waals surface area contributed by atoms with Crippen LogP contribution in [-0.4, -0.2) is 42.9 Å². The van der Waals surface area contributed by atoms with Gasteiger partial charge in [-0.25, -0.2) is 5.43 Å². The summed E-state index contributed by atoms with van der Waals surface area (Å²) >= 11 is 4.68. The number of hydrazone groups is 1. The third kappa shape index (κ3) is 5.60. The van der Waals surface area contributed by atoms with Crippen LogP contribution in [0.5, 0.6) is 11.5 Å². The number of hydrogen-bond acceptors (Lipinski definition) is 7. The Kier molecular flexibility index (Phi) is 7.06. The average molecular weight is 524 g/mol. The zero-order valence-corrected chi connectivity index (χ0v) is 19.5. The lowest BCUT2D eigenvalue weighted by Gasteiger charge is -2.10. The number of aromatic hydroxyl groups is 2. The molecule has 0 aliphatic rings. The van der Waals surface area contributed by atoms with Gasteiger partial charge in [0.25, 0.3) is 5.91 Å². The van der Waals surface area contributed by atoms with Gasteiger partial charge in [-0.05, 0) is 36.4 Å². The molecule has 1 amide bonds. The highest BCUT2D eigenvalue weighted by Gasteiger charge is 2.17. The molecule has 3 N–H and O–H groups in total. The predicted molar refractivity (Wildman–Crippen MR) is 131 cm³/mol. The topological polar surface area (TPSA) is 113 Å². The Morgan fingerprint density at radius 1 is 1.06 bits per heavy atom. The zero-order valence-electron chi connectivity index (χ0n) is 17.1. The number of phenols is 2. The molecule has 0 aliphatic heterocycles. The molecule has 0 radical (unpaired) electrons. The van der Waals surface area contributed by atoms with Crippen molar-refractivity contribution in [3.63, 3.8) is 0 Å². The predicted octanol–water partition coefficient (Wildman–Crippen LogP) is 4.35. The molecular formula is C23H18BrN5O3S. The summed E-state index contributed by atoms with van der Waals surface area (Å²) in [5.74, 6) is 0.179. The summed E-state index contributed by atoms with van der Waals surface area (Å²) < 4.78 is 2.85. The average Bonchev–Trinajstić information content (AvgIpc) is 3.24. The number of carbonyl (C=O) groups is 1. The molecule has 33 heavy (non-hydrogen) atoms. The standard InChI is InChI=1S/C23H18BrN5O3S/c24-17-7-9-18(10-8-17)29-22(15-4-2-1-3-5-15)27-28-23(29)33-14-21(32)26-25-13-16-6-11-19(30)12-20(16)31/h1-13,30-31H,14H2,(H,26,32)/b25-13+. The number of thioether (sulfide) groups is 1. The van der Waals surface area contributed by atoms with E-state index < -0.39 is 0 Å². The first-order valence-electron chi connectivity index (χ1n) is 9.75. The molecule has 0 saturated carbocycles. The van der Waals surface area contributed by atoms with Crippen LogP contribution in [0.15, 0.2) is 87.5 Å². The Labute approximate surface area is 202 Å². The van der Waals surface area contributed by atoms with Crippen LogP contribution in [-0.2, 0) is 4.79 Å². The molecule has 0 aliphatic carbocycles. The summed E-state index contributed by atoms with van der Waals surface area (Å²) in [6.45, 7) is 0. The third-order valence-corrected chi connectivity index (χ3v) is 5.95. The first-order valence-corrected chi connectivity index (χ1v) is 11.5. The van der Waals surface area contributed by atoms with E-state index in [1.807, 2.05) is 59.2 Å². The van der Waals surface area contributed by atoms with Crippen LogP contribution in [0.2, 0.25) is 0 Å². The maximum Gasteiger partial charge on any atom is 0.250 e. The van der Waals surface area contributed by atoms with Crippen molar-refractivity contribution in [3.05, 3.63) is 82.8 Å². The molecule has 1 heterocycles. The Morgan fingerprint density at radius 2 is 1.82 bits per heavy atom. The number of aromatic nitrogens is 3. The quantitative estimate of drug-likeness (QED) is 0.188. The van der Waals surface area contributed by atoms with Crippen LogP contribution in [0.25, 0.3) is 17.1 Å². The lowest BCUT2D eigenvalue weighted by atomic mass is 10.2. The summed E-state index contributed by atoms with van der Waals surface area (Å²) in [6.07, 6.45) is 1.30. The monoisotopic (exact) mass is 523 g/mol. The van der Waals surface area contributed by atoms with Gasteiger partial charge in [-0.1, -0.05) is 58.0 Å². The number of benzene rings is 3. The van der Waals surface area contributed by atoms with Gasteiger partial charge >= 0.3 is 0 Å². The van der Waals surface area contributed by atoms with Crippen LogP contribution >= 0.6 is 27.7 Å². The van der Waals surface area contributed by atoms with E-state index in [9.17, 15) is 15.0 Å². The summed E-state index contributed by atoms with van der Waals surface area (Å²) in [6, 6.07) is 21.5. The Morgan fingerprint density at radius 3 is 2.55 bits per heavy atom. The molecule has 0 atom stereocenters. The van der Waals surface area contributed by atoms with E-state index in [4.69, 9.17) is 0 Å². The maximum absolute atomic E-state index is 12.3. The highest BCUT2D eigenvalue weighted by Crippen LogP contribution is 2.28. The highest BCUT2D eigenvalue weighted by atomic mass is 79.9. The van der Waals surface area contributed by atoms with E-state index in [1.165, 1.54) is 36.2 Å². The molecule has 4 rings (SSSR count). The number of carbonyl (C=O) groups excluding carboxylic acids is 1. The normalized spacial score (nSPS) is 11.1. The van der Waals surface area contributed by atoms with Gasteiger partial charge in [0.05, 0.1) is 12.0 Å². The van der Waals surface area contributed by atoms with E-state index in [-0.39, 0.29) is 23.2 Å². The molecule has 0 bridgehead atoms. The van der Waals surface area contributed by atoms with Crippen molar-refractivity contribution >= 4 is 39.8 Å².